The Balaban J connectivity index is 1.86. The Labute approximate surface area is 169 Å². The van der Waals surface area contributed by atoms with Crippen LogP contribution in [0.3, 0.4) is 0 Å². The van der Waals surface area contributed by atoms with Gasteiger partial charge < -0.3 is 15.1 Å². The van der Waals surface area contributed by atoms with Crippen molar-refractivity contribution < 1.29 is 14.5 Å². The first-order valence-corrected chi connectivity index (χ1v) is 9.40. The minimum atomic E-state index is -0.197. The predicted molar refractivity (Wildman–Crippen MR) is 109 cm³/mol. The highest BCUT2D eigenvalue weighted by Crippen LogP contribution is 2.24. The van der Waals surface area contributed by atoms with Crippen molar-refractivity contribution in [3.05, 3.63) is 64.1 Å². The summed E-state index contributed by atoms with van der Waals surface area (Å²) >= 11 is 11.8. The third-order valence-corrected chi connectivity index (χ3v) is 5.11. The molecule has 0 aliphatic heterocycles. The maximum absolute atomic E-state index is 12.5. The Morgan fingerprint density at radius 2 is 1.74 bits per heavy atom. The molecule has 2 N–H and O–H groups in total. The molecule has 0 saturated carbocycles. The van der Waals surface area contributed by atoms with Gasteiger partial charge in [-0.25, -0.2) is 0 Å². The lowest BCUT2D eigenvalue weighted by Crippen LogP contribution is -3.11. The van der Waals surface area contributed by atoms with Crippen LogP contribution in [-0.4, -0.2) is 43.9 Å². The smallest absolute Gasteiger partial charge is 0.279 e. The Hall–Kier alpha value is -2.08. The average Bonchev–Trinajstić information content (AvgIpc) is 2.64. The molecule has 0 spiro atoms. The molecule has 0 radical (unpaired) electrons. The number of hydrogen-bond acceptors (Lipinski definition) is 2. The Kier molecular flexibility index (Phi) is 7.66. The van der Waals surface area contributed by atoms with Gasteiger partial charge in [0.25, 0.3) is 11.8 Å². The van der Waals surface area contributed by atoms with Gasteiger partial charge >= 0.3 is 0 Å². The second kappa shape index (κ2) is 9.74. The molecule has 0 aliphatic rings. The van der Waals surface area contributed by atoms with Gasteiger partial charge in [0.05, 0.1) is 23.1 Å². The number of quaternary nitrogens is 1. The van der Waals surface area contributed by atoms with Gasteiger partial charge in [0.2, 0.25) is 0 Å². The summed E-state index contributed by atoms with van der Waals surface area (Å²) in [5.74, 6) is -0.219. The van der Waals surface area contributed by atoms with Crippen LogP contribution in [0.1, 0.15) is 18.5 Å². The van der Waals surface area contributed by atoms with Crippen molar-refractivity contribution in [2.45, 2.75) is 13.0 Å². The summed E-state index contributed by atoms with van der Waals surface area (Å²) in [5, 5.41) is 3.57. The number of likely N-dealkylation sites (N-methyl/N-ethyl adjacent to an activating group) is 2. The van der Waals surface area contributed by atoms with Crippen LogP contribution in [0.25, 0.3) is 0 Å². The van der Waals surface area contributed by atoms with Crippen LogP contribution >= 0.6 is 23.2 Å². The molecule has 0 saturated heterocycles. The van der Waals surface area contributed by atoms with E-state index in [0.717, 1.165) is 10.5 Å². The van der Waals surface area contributed by atoms with Gasteiger partial charge in [0.1, 0.15) is 0 Å². The van der Waals surface area contributed by atoms with Gasteiger partial charge in [-0.15, -0.1) is 0 Å². The van der Waals surface area contributed by atoms with E-state index in [1.165, 1.54) is 0 Å². The predicted octanol–water partition coefficient (Wildman–Crippen LogP) is 2.67. The monoisotopic (exact) mass is 408 g/mol. The minimum Gasteiger partial charge on any atom is -0.334 e. The lowest BCUT2D eigenvalue weighted by molar-refractivity contribution is -0.862. The highest BCUT2D eigenvalue weighted by atomic mass is 35.5. The molecule has 2 amide bonds. The van der Waals surface area contributed by atoms with Crippen LogP contribution in [0.2, 0.25) is 10.0 Å². The van der Waals surface area contributed by atoms with Crippen molar-refractivity contribution in [3.63, 3.8) is 0 Å². The van der Waals surface area contributed by atoms with Crippen molar-refractivity contribution in [2.75, 3.05) is 32.5 Å². The molecule has 144 valence electrons. The van der Waals surface area contributed by atoms with Crippen LogP contribution in [0.15, 0.2) is 48.5 Å². The lowest BCUT2D eigenvalue weighted by atomic mass is 10.1. The van der Waals surface area contributed by atoms with E-state index in [1.807, 2.05) is 44.3 Å². The number of hydrogen-bond donors (Lipinski definition) is 2. The fraction of sp³-hybridized carbons (Fsp3) is 0.300. The first-order valence-electron chi connectivity index (χ1n) is 8.64. The van der Waals surface area contributed by atoms with Gasteiger partial charge in [-0.3, -0.25) is 9.59 Å². The summed E-state index contributed by atoms with van der Waals surface area (Å²) < 4.78 is 0. The van der Waals surface area contributed by atoms with Crippen LogP contribution in [0.4, 0.5) is 5.69 Å². The van der Waals surface area contributed by atoms with Crippen molar-refractivity contribution >= 4 is 40.7 Å². The third-order valence-electron chi connectivity index (χ3n) is 4.38. The van der Waals surface area contributed by atoms with E-state index in [1.54, 1.807) is 30.1 Å². The van der Waals surface area contributed by atoms with E-state index in [-0.39, 0.29) is 30.9 Å². The molecule has 2 aromatic carbocycles. The number of rotatable bonds is 7. The number of benzene rings is 2. The first-order chi connectivity index (χ1) is 12.8. The molecule has 7 heteroatoms. The van der Waals surface area contributed by atoms with E-state index in [0.29, 0.717) is 15.7 Å². The molecule has 1 unspecified atom stereocenters. The number of nitrogens with zero attached hydrogens (tertiary/aromatic N) is 1. The van der Waals surface area contributed by atoms with Crippen LogP contribution < -0.4 is 10.2 Å². The quantitative estimate of drug-likeness (QED) is 0.739. The van der Waals surface area contributed by atoms with E-state index >= 15 is 0 Å². The molecular weight excluding hydrogens is 385 g/mol. The maximum atomic E-state index is 12.5. The molecular formula is C20H24Cl2N3O2+. The molecule has 0 heterocycles. The van der Waals surface area contributed by atoms with Gasteiger partial charge in [-0.2, -0.15) is 0 Å². The van der Waals surface area contributed by atoms with Crippen LogP contribution in [-0.2, 0) is 9.59 Å². The average molecular weight is 409 g/mol. The number of carbonyl (C=O) groups is 2. The van der Waals surface area contributed by atoms with Crippen molar-refractivity contribution in [2.24, 2.45) is 0 Å². The van der Waals surface area contributed by atoms with Gasteiger partial charge in [0, 0.05) is 12.7 Å². The zero-order valence-electron chi connectivity index (χ0n) is 15.6. The van der Waals surface area contributed by atoms with E-state index in [2.05, 4.69) is 5.32 Å². The summed E-state index contributed by atoms with van der Waals surface area (Å²) in [6, 6.07) is 14.7. The number of amides is 2. The third kappa shape index (κ3) is 6.24. The van der Waals surface area contributed by atoms with Crippen molar-refractivity contribution in [1.82, 2.24) is 4.90 Å². The number of nitrogens with one attached hydrogen (secondary N) is 2. The SMILES string of the molecule is C[C@H](c1ccccc1)N(C)C(=O)C[NH+](C)CC(=O)Nc1ccc(Cl)c(Cl)c1. The minimum absolute atomic E-state index is 0.0220. The van der Waals surface area contributed by atoms with Crippen molar-refractivity contribution in [1.29, 1.82) is 0 Å². The second-order valence-corrected chi connectivity index (χ2v) is 7.39. The summed E-state index contributed by atoms with van der Waals surface area (Å²) in [4.78, 5) is 27.2. The summed E-state index contributed by atoms with van der Waals surface area (Å²) in [7, 11) is 3.59. The normalized spacial score (nSPS) is 12.9. The highest BCUT2D eigenvalue weighted by Gasteiger charge is 2.21. The number of anilines is 1. The topological polar surface area (TPSA) is 53.9 Å². The van der Waals surface area contributed by atoms with Gasteiger partial charge in [-0.05, 0) is 30.7 Å². The molecule has 2 atom stereocenters. The Morgan fingerprint density at radius 3 is 2.37 bits per heavy atom. The van der Waals surface area contributed by atoms with Crippen LogP contribution in [0.5, 0.6) is 0 Å². The molecule has 2 aromatic rings. The molecule has 27 heavy (non-hydrogen) atoms. The van der Waals surface area contributed by atoms with Crippen molar-refractivity contribution in [3.8, 4) is 0 Å². The van der Waals surface area contributed by atoms with E-state index in [9.17, 15) is 9.59 Å². The zero-order chi connectivity index (χ0) is 20.0. The van der Waals surface area contributed by atoms with Gasteiger partial charge in [-0.1, -0.05) is 53.5 Å². The largest absolute Gasteiger partial charge is 0.334 e. The summed E-state index contributed by atoms with van der Waals surface area (Å²) in [6.07, 6.45) is 0. The summed E-state index contributed by atoms with van der Waals surface area (Å²) in [6.45, 7) is 2.38. The molecule has 2 rings (SSSR count). The maximum Gasteiger partial charge on any atom is 0.279 e. The second-order valence-electron chi connectivity index (χ2n) is 6.58. The summed E-state index contributed by atoms with van der Waals surface area (Å²) in [5.41, 5.74) is 1.65. The Bertz CT molecular complexity index is 799. The van der Waals surface area contributed by atoms with E-state index < -0.39 is 0 Å². The fourth-order valence-electron chi connectivity index (χ4n) is 2.67. The van der Waals surface area contributed by atoms with Crippen LogP contribution in [0, 0.1) is 0 Å². The molecule has 5 nitrogen and oxygen atoms in total. The first kappa shape index (κ1) is 21.2. The fourth-order valence-corrected chi connectivity index (χ4v) is 2.97. The number of halogens is 2. The molecule has 0 fully saturated rings. The van der Waals surface area contributed by atoms with Gasteiger partial charge in [0.15, 0.2) is 13.1 Å². The zero-order valence-corrected chi connectivity index (χ0v) is 17.1. The molecule has 0 aromatic heterocycles. The lowest BCUT2D eigenvalue weighted by Gasteiger charge is -2.26. The Morgan fingerprint density at radius 1 is 1.07 bits per heavy atom. The standard InChI is InChI=1S/C20H23Cl2N3O2/c1-14(15-7-5-4-6-8-15)25(3)20(27)13-24(2)12-19(26)23-16-9-10-17(21)18(22)11-16/h4-11,14H,12-13H2,1-3H3,(H,23,26)/p+1/t14-/m1/s1. The molecule has 0 bridgehead atoms. The molecule has 0 aliphatic carbocycles. The van der Waals surface area contributed by atoms with E-state index in [4.69, 9.17) is 23.2 Å². The number of carbonyl (C=O) groups excluding carboxylic acids is 2. The highest BCUT2D eigenvalue weighted by molar-refractivity contribution is 6.42.